The largest absolute Gasteiger partial charge is 0.468 e. The van der Waals surface area contributed by atoms with Crippen LogP contribution in [-0.2, 0) is 15.1 Å². The second-order valence-electron chi connectivity index (χ2n) is 5.49. The van der Waals surface area contributed by atoms with E-state index in [0.717, 1.165) is 24.8 Å². The third kappa shape index (κ3) is 1.50. The Morgan fingerprint density at radius 3 is 2.42 bits per heavy atom. The van der Waals surface area contributed by atoms with Crippen molar-refractivity contribution in [2.45, 2.75) is 29.2 Å². The molecule has 2 saturated carbocycles. The highest BCUT2D eigenvalue weighted by Gasteiger charge is 2.74. The van der Waals surface area contributed by atoms with E-state index >= 15 is 0 Å². The number of hydrogen-bond donors (Lipinski definition) is 1. The number of aliphatic hydroxyl groups is 1. The Morgan fingerprint density at radius 2 is 1.89 bits per heavy atom. The molecule has 3 rings (SSSR count). The molecule has 2 aliphatic rings. The van der Waals surface area contributed by atoms with Crippen LogP contribution in [0.5, 0.6) is 0 Å². The Balaban J connectivity index is 2.02. The van der Waals surface area contributed by atoms with Crippen molar-refractivity contribution in [2.75, 3.05) is 7.11 Å². The van der Waals surface area contributed by atoms with Crippen molar-refractivity contribution in [2.24, 2.45) is 11.8 Å². The van der Waals surface area contributed by atoms with Gasteiger partial charge in [0, 0.05) is 11.8 Å². The monoisotopic (exact) mass is 324 g/mol. The SMILES string of the molecule is COC(=O)C1(Br)[C@H]2CCC[C@@H]1C2(O)c1ccccc1. The summed E-state index contributed by atoms with van der Waals surface area (Å²) in [7, 11) is 1.40. The first-order chi connectivity index (χ1) is 9.06. The number of rotatable bonds is 2. The molecule has 102 valence electrons. The molecule has 0 aromatic heterocycles. The molecule has 1 aromatic rings. The summed E-state index contributed by atoms with van der Waals surface area (Å²) < 4.78 is 4.21. The summed E-state index contributed by atoms with van der Waals surface area (Å²) in [5.74, 6) is -0.495. The van der Waals surface area contributed by atoms with E-state index in [1.807, 2.05) is 30.3 Å². The molecule has 1 aromatic carbocycles. The summed E-state index contributed by atoms with van der Waals surface area (Å²) in [6.07, 6.45) is 2.72. The number of benzene rings is 1. The van der Waals surface area contributed by atoms with E-state index in [1.54, 1.807) is 0 Å². The molecule has 2 fully saturated rings. The van der Waals surface area contributed by atoms with Crippen molar-refractivity contribution >= 4 is 21.9 Å². The van der Waals surface area contributed by atoms with Gasteiger partial charge in [0.15, 0.2) is 0 Å². The van der Waals surface area contributed by atoms with Crippen molar-refractivity contribution in [1.29, 1.82) is 0 Å². The first-order valence-corrected chi connectivity index (χ1v) is 7.40. The summed E-state index contributed by atoms with van der Waals surface area (Å²) in [6, 6.07) is 9.66. The van der Waals surface area contributed by atoms with Crippen LogP contribution in [0.2, 0.25) is 0 Å². The minimum absolute atomic E-state index is 0.117. The van der Waals surface area contributed by atoms with Crippen LogP contribution < -0.4 is 0 Å². The smallest absolute Gasteiger partial charge is 0.323 e. The van der Waals surface area contributed by atoms with Gasteiger partial charge in [-0.05, 0) is 18.4 Å². The van der Waals surface area contributed by atoms with Gasteiger partial charge in [0.2, 0.25) is 0 Å². The van der Waals surface area contributed by atoms with Gasteiger partial charge in [0.05, 0.1) is 12.7 Å². The zero-order chi connectivity index (χ0) is 13.7. The van der Waals surface area contributed by atoms with Gasteiger partial charge < -0.3 is 9.84 Å². The number of hydrogen-bond acceptors (Lipinski definition) is 3. The number of carbonyl (C=O) groups excluding carboxylic acids is 1. The zero-order valence-corrected chi connectivity index (χ0v) is 12.4. The molecule has 3 nitrogen and oxygen atoms in total. The lowest BCUT2D eigenvalue weighted by molar-refractivity contribution is -0.222. The molecule has 0 heterocycles. The molecule has 0 radical (unpaired) electrons. The Bertz CT molecular complexity index is 487. The van der Waals surface area contributed by atoms with E-state index in [1.165, 1.54) is 7.11 Å². The molecule has 0 spiro atoms. The van der Waals surface area contributed by atoms with Gasteiger partial charge in [-0.2, -0.15) is 0 Å². The molecule has 0 amide bonds. The number of fused-ring (bicyclic) bond motifs is 2. The maximum absolute atomic E-state index is 12.1. The van der Waals surface area contributed by atoms with Crippen LogP contribution in [0.4, 0.5) is 0 Å². The maximum Gasteiger partial charge on any atom is 0.323 e. The highest BCUT2D eigenvalue weighted by Crippen LogP contribution is 2.68. The fourth-order valence-electron chi connectivity index (χ4n) is 3.96. The summed E-state index contributed by atoms with van der Waals surface area (Å²) >= 11 is 3.58. The fourth-order valence-corrected chi connectivity index (χ4v) is 5.28. The lowest BCUT2D eigenvalue weighted by Crippen LogP contribution is -2.73. The van der Waals surface area contributed by atoms with E-state index in [9.17, 15) is 9.90 Å². The Kier molecular flexibility index (Phi) is 2.98. The van der Waals surface area contributed by atoms with E-state index < -0.39 is 9.93 Å². The summed E-state index contributed by atoms with van der Waals surface area (Å²) in [5, 5.41) is 11.1. The van der Waals surface area contributed by atoms with Gasteiger partial charge >= 0.3 is 5.97 Å². The number of esters is 1. The normalized spacial score (nSPS) is 40.4. The van der Waals surface area contributed by atoms with Gasteiger partial charge in [-0.3, -0.25) is 4.79 Å². The lowest BCUT2D eigenvalue weighted by Gasteiger charge is -2.65. The third-order valence-electron chi connectivity index (χ3n) is 4.80. The molecular formula is C15H17BrO3. The topological polar surface area (TPSA) is 46.5 Å². The first-order valence-electron chi connectivity index (χ1n) is 6.61. The molecule has 19 heavy (non-hydrogen) atoms. The standard InChI is InChI=1S/C15H17BrO3/c1-19-13(17)14(16)11-8-5-9-12(14)15(11,18)10-6-3-2-4-7-10/h2-4,6-7,11-12,18H,5,8-9H2,1H3/t11-,12+,14?,15?. The second kappa shape index (κ2) is 4.32. The van der Waals surface area contributed by atoms with Crippen LogP contribution in [0.1, 0.15) is 24.8 Å². The van der Waals surface area contributed by atoms with Crippen molar-refractivity contribution in [3.8, 4) is 0 Å². The summed E-state index contributed by atoms with van der Waals surface area (Å²) in [5.41, 5.74) is 0.000628. The average molecular weight is 325 g/mol. The highest BCUT2D eigenvalue weighted by molar-refractivity contribution is 9.10. The Morgan fingerprint density at radius 1 is 1.32 bits per heavy atom. The van der Waals surface area contributed by atoms with Crippen LogP contribution in [-0.4, -0.2) is 22.5 Å². The maximum atomic E-state index is 12.1. The van der Waals surface area contributed by atoms with E-state index in [2.05, 4.69) is 15.9 Å². The predicted molar refractivity (Wildman–Crippen MR) is 74.8 cm³/mol. The molecule has 0 aliphatic heterocycles. The van der Waals surface area contributed by atoms with Crippen molar-refractivity contribution < 1.29 is 14.6 Å². The van der Waals surface area contributed by atoms with Crippen LogP contribution in [0.25, 0.3) is 0 Å². The minimum Gasteiger partial charge on any atom is -0.468 e. The molecule has 0 saturated heterocycles. The molecule has 4 atom stereocenters. The summed E-state index contributed by atoms with van der Waals surface area (Å²) in [4.78, 5) is 12.1. The molecule has 4 heteroatoms. The number of halogens is 1. The van der Waals surface area contributed by atoms with Crippen LogP contribution in [0.15, 0.2) is 30.3 Å². The van der Waals surface area contributed by atoms with Crippen LogP contribution in [0.3, 0.4) is 0 Å². The van der Waals surface area contributed by atoms with E-state index in [4.69, 9.17) is 4.74 Å². The quantitative estimate of drug-likeness (QED) is 0.672. The Labute approximate surface area is 121 Å². The van der Waals surface area contributed by atoms with Crippen LogP contribution >= 0.6 is 15.9 Å². The van der Waals surface area contributed by atoms with Crippen molar-refractivity contribution in [3.63, 3.8) is 0 Å². The summed E-state index contributed by atoms with van der Waals surface area (Å²) in [6.45, 7) is 0. The third-order valence-corrected chi connectivity index (χ3v) is 6.23. The number of carbonyl (C=O) groups is 1. The van der Waals surface area contributed by atoms with Crippen LogP contribution in [0, 0.1) is 11.8 Å². The van der Waals surface area contributed by atoms with E-state index in [0.29, 0.717) is 0 Å². The minimum atomic E-state index is -0.906. The lowest BCUT2D eigenvalue weighted by atomic mass is 9.45. The van der Waals surface area contributed by atoms with Gasteiger partial charge in [0.25, 0.3) is 0 Å². The molecule has 1 N–H and O–H groups in total. The number of methoxy groups -OCH3 is 1. The highest BCUT2D eigenvalue weighted by atomic mass is 79.9. The van der Waals surface area contributed by atoms with Gasteiger partial charge in [-0.25, -0.2) is 0 Å². The van der Waals surface area contributed by atoms with E-state index in [-0.39, 0.29) is 17.8 Å². The Hall–Kier alpha value is -0.870. The average Bonchev–Trinajstić information content (AvgIpc) is 2.48. The first kappa shape index (κ1) is 13.1. The number of ether oxygens (including phenoxy) is 1. The fraction of sp³-hybridized carbons (Fsp3) is 0.533. The van der Waals surface area contributed by atoms with Gasteiger partial charge in [-0.1, -0.05) is 52.7 Å². The number of alkyl halides is 1. The van der Waals surface area contributed by atoms with Crippen molar-refractivity contribution in [3.05, 3.63) is 35.9 Å². The van der Waals surface area contributed by atoms with Crippen molar-refractivity contribution in [1.82, 2.24) is 0 Å². The second-order valence-corrected chi connectivity index (χ2v) is 6.80. The molecule has 2 unspecified atom stereocenters. The van der Waals surface area contributed by atoms with Gasteiger partial charge in [-0.15, -0.1) is 0 Å². The molecule has 2 bridgehead atoms. The molecule has 2 aliphatic carbocycles. The zero-order valence-electron chi connectivity index (χ0n) is 10.8. The molecular weight excluding hydrogens is 308 g/mol. The van der Waals surface area contributed by atoms with Gasteiger partial charge in [0.1, 0.15) is 4.32 Å². The predicted octanol–water partition coefficient (Wildman–Crippen LogP) is 2.61.